The van der Waals surface area contributed by atoms with E-state index in [1.165, 1.54) is 0 Å². The number of hydrogen-bond acceptors (Lipinski definition) is 6. The lowest BCUT2D eigenvalue weighted by Crippen LogP contribution is -2.18. The summed E-state index contributed by atoms with van der Waals surface area (Å²) >= 11 is 0. The molecule has 0 aliphatic heterocycles. The van der Waals surface area contributed by atoms with Gasteiger partial charge in [-0.15, -0.1) is 0 Å². The maximum Gasteiger partial charge on any atom is 0.163 e. The molecule has 0 spiro atoms. The molecule has 3 aromatic rings. The normalized spacial score (nSPS) is 11.7. The third-order valence-corrected chi connectivity index (χ3v) is 3.90. The third-order valence-electron chi connectivity index (χ3n) is 3.90. The topological polar surface area (TPSA) is 80.5 Å². The first-order valence-electron chi connectivity index (χ1n) is 8.53. The molecule has 0 aromatic carbocycles. The predicted octanol–water partition coefficient (Wildman–Crippen LogP) is 2.97. The molecule has 0 saturated carbocycles. The van der Waals surface area contributed by atoms with Crippen LogP contribution < -0.4 is 10.6 Å². The molecule has 7 nitrogen and oxygen atoms in total. The minimum atomic E-state index is -0.114. The molecule has 0 bridgehead atoms. The first-order valence-corrected chi connectivity index (χ1v) is 8.53. The molecule has 0 amide bonds. The number of aryl methyl sites for hydroxylation is 1. The van der Waals surface area contributed by atoms with Crippen LogP contribution in [0, 0.1) is 0 Å². The fourth-order valence-electron chi connectivity index (χ4n) is 2.49. The van der Waals surface area contributed by atoms with Crippen molar-refractivity contribution < 1.29 is 0 Å². The Kier molecular flexibility index (Phi) is 4.83. The Bertz CT molecular complexity index is 834. The Morgan fingerprint density at radius 1 is 1.08 bits per heavy atom. The molecular formula is C18H25N7. The van der Waals surface area contributed by atoms with E-state index in [2.05, 4.69) is 46.5 Å². The number of nitrogens with one attached hydrogen (secondary N) is 2. The van der Waals surface area contributed by atoms with Crippen molar-refractivity contribution in [3.63, 3.8) is 0 Å². The number of pyridine rings is 1. The van der Waals surface area contributed by atoms with Gasteiger partial charge in [-0.05, 0) is 18.6 Å². The van der Waals surface area contributed by atoms with E-state index in [0.717, 1.165) is 47.9 Å². The van der Waals surface area contributed by atoms with Gasteiger partial charge >= 0.3 is 0 Å². The van der Waals surface area contributed by atoms with Gasteiger partial charge in [-0.2, -0.15) is 5.10 Å². The summed E-state index contributed by atoms with van der Waals surface area (Å²) in [4.78, 5) is 13.5. The van der Waals surface area contributed by atoms with Gasteiger partial charge in [0, 0.05) is 37.9 Å². The highest BCUT2D eigenvalue weighted by Gasteiger charge is 2.21. The van der Waals surface area contributed by atoms with Crippen LogP contribution in [0.5, 0.6) is 0 Å². The number of hydrogen-bond donors (Lipinski definition) is 2. The highest BCUT2D eigenvalue weighted by Crippen LogP contribution is 2.25. The highest BCUT2D eigenvalue weighted by molar-refractivity contribution is 5.86. The summed E-state index contributed by atoms with van der Waals surface area (Å²) in [5, 5.41) is 12.1. The van der Waals surface area contributed by atoms with E-state index in [9.17, 15) is 0 Å². The fourth-order valence-corrected chi connectivity index (χ4v) is 2.49. The predicted molar refractivity (Wildman–Crippen MR) is 101 cm³/mol. The first-order chi connectivity index (χ1) is 11.9. The summed E-state index contributed by atoms with van der Waals surface area (Å²) in [6.45, 7) is 8.04. The molecule has 0 unspecified atom stereocenters. The van der Waals surface area contributed by atoms with Gasteiger partial charge in [0.1, 0.15) is 11.6 Å². The van der Waals surface area contributed by atoms with Crippen LogP contribution in [0.15, 0.2) is 30.7 Å². The van der Waals surface area contributed by atoms with Crippen molar-refractivity contribution in [2.75, 3.05) is 23.7 Å². The van der Waals surface area contributed by atoms with Crippen LogP contribution in [0.1, 0.15) is 33.0 Å². The minimum absolute atomic E-state index is 0.114. The van der Waals surface area contributed by atoms with Crippen LogP contribution in [-0.4, -0.2) is 37.8 Å². The van der Waals surface area contributed by atoms with Gasteiger partial charge in [-0.1, -0.05) is 20.8 Å². The van der Waals surface area contributed by atoms with Crippen molar-refractivity contribution in [1.29, 1.82) is 0 Å². The molecule has 3 aromatic heterocycles. The second kappa shape index (κ2) is 7.04. The van der Waals surface area contributed by atoms with E-state index in [1.54, 1.807) is 10.9 Å². The third kappa shape index (κ3) is 4.04. The number of nitrogens with zero attached hydrogens (tertiary/aromatic N) is 5. The van der Waals surface area contributed by atoms with Crippen molar-refractivity contribution >= 4 is 22.5 Å². The average molecular weight is 339 g/mol. The number of aromatic nitrogens is 5. The lowest BCUT2D eigenvalue weighted by molar-refractivity contribution is 0.547. The van der Waals surface area contributed by atoms with Gasteiger partial charge in [0.05, 0.1) is 17.3 Å². The van der Waals surface area contributed by atoms with Crippen molar-refractivity contribution in [2.45, 2.75) is 32.6 Å². The molecule has 3 heterocycles. The van der Waals surface area contributed by atoms with E-state index >= 15 is 0 Å². The zero-order valence-corrected chi connectivity index (χ0v) is 15.2. The number of rotatable bonds is 6. The Hall–Kier alpha value is -2.70. The van der Waals surface area contributed by atoms with E-state index in [-0.39, 0.29) is 5.41 Å². The molecule has 132 valence electrons. The standard InChI is InChI=1S/C18H25N7/c1-18(2,3)17-23-15(14-12-22-25(4)16(14)24-17)21-10-6-9-20-13-7-5-8-19-11-13/h5,7-8,11-12,20H,6,9-10H2,1-4H3,(H,21,23,24). The molecule has 0 aliphatic carbocycles. The molecule has 0 saturated heterocycles. The van der Waals surface area contributed by atoms with Gasteiger partial charge < -0.3 is 10.6 Å². The zero-order chi connectivity index (χ0) is 17.9. The van der Waals surface area contributed by atoms with Crippen molar-refractivity contribution in [3.05, 3.63) is 36.5 Å². The summed E-state index contributed by atoms with van der Waals surface area (Å²) in [6, 6.07) is 3.94. The summed E-state index contributed by atoms with van der Waals surface area (Å²) < 4.78 is 1.79. The average Bonchev–Trinajstić information content (AvgIpc) is 2.96. The maximum atomic E-state index is 4.74. The Morgan fingerprint density at radius 2 is 1.88 bits per heavy atom. The number of anilines is 2. The smallest absolute Gasteiger partial charge is 0.163 e. The van der Waals surface area contributed by atoms with E-state index in [0.29, 0.717) is 0 Å². The van der Waals surface area contributed by atoms with Gasteiger partial charge in [0.2, 0.25) is 0 Å². The van der Waals surface area contributed by atoms with E-state index < -0.39 is 0 Å². The van der Waals surface area contributed by atoms with Crippen molar-refractivity contribution in [1.82, 2.24) is 24.7 Å². The van der Waals surface area contributed by atoms with Crippen LogP contribution in [0.3, 0.4) is 0 Å². The van der Waals surface area contributed by atoms with Crippen LogP contribution >= 0.6 is 0 Å². The maximum absolute atomic E-state index is 4.74. The highest BCUT2D eigenvalue weighted by atomic mass is 15.3. The molecule has 0 fully saturated rings. The second-order valence-electron chi connectivity index (χ2n) is 7.10. The largest absolute Gasteiger partial charge is 0.384 e. The minimum Gasteiger partial charge on any atom is -0.384 e. The van der Waals surface area contributed by atoms with Gasteiger partial charge in [0.25, 0.3) is 0 Å². The monoisotopic (exact) mass is 339 g/mol. The SMILES string of the molecule is Cn1ncc2c(NCCCNc3cccnc3)nc(C(C)(C)C)nc21. The summed E-state index contributed by atoms with van der Waals surface area (Å²) in [5.74, 6) is 1.67. The van der Waals surface area contributed by atoms with Gasteiger partial charge in [-0.25, -0.2) is 9.97 Å². The van der Waals surface area contributed by atoms with E-state index in [1.807, 2.05) is 31.6 Å². The van der Waals surface area contributed by atoms with Crippen LogP contribution in [0.25, 0.3) is 11.0 Å². The Morgan fingerprint density at radius 3 is 2.60 bits per heavy atom. The van der Waals surface area contributed by atoms with Crippen molar-refractivity contribution in [3.8, 4) is 0 Å². The van der Waals surface area contributed by atoms with Gasteiger partial charge in [-0.3, -0.25) is 9.67 Å². The molecule has 0 atom stereocenters. The summed E-state index contributed by atoms with van der Waals surface area (Å²) in [5.41, 5.74) is 1.78. The Balaban J connectivity index is 1.66. The lowest BCUT2D eigenvalue weighted by Gasteiger charge is -2.18. The first kappa shape index (κ1) is 17.1. The molecule has 7 heteroatoms. The molecule has 3 rings (SSSR count). The molecular weight excluding hydrogens is 314 g/mol. The second-order valence-corrected chi connectivity index (χ2v) is 7.10. The zero-order valence-electron chi connectivity index (χ0n) is 15.2. The summed E-state index contributed by atoms with van der Waals surface area (Å²) in [7, 11) is 1.91. The quantitative estimate of drug-likeness (QED) is 0.672. The van der Waals surface area contributed by atoms with Crippen LogP contribution in [0.2, 0.25) is 0 Å². The van der Waals surface area contributed by atoms with Crippen LogP contribution in [-0.2, 0) is 12.5 Å². The van der Waals surface area contributed by atoms with Gasteiger partial charge in [0.15, 0.2) is 5.65 Å². The molecule has 2 N–H and O–H groups in total. The molecule has 0 radical (unpaired) electrons. The van der Waals surface area contributed by atoms with E-state index in [4.69, 9.17) is 4.98 Å². The lowest BCUT2D eigenvalue weighted by atomic mass is 9.95. The Labute approximate surface area is 147 Å². The summed E-state index contributed by atoms with van der Waals surface area (Å²) in [6.07, 6.45) is 6.38. The van der Waals surface area contributed by atoms with Crippen molar-refractivity contribution in [2.24, 2.45) is 7.05 Å². The molecule has 25 heavy (non-hydrogen) atoms. The van der Waals surface area contributed by atoms with Crippen LogP contribution in [0.4, 0.5) is 11.5 Å². The number of fused-ring (bicyclic) bond motifs is 1. The fraction of sp³-hybridized carbons (Fsp3) is 0.444. The molecule has 0 aliphatic rings.